The third kappa shape index (κ3) is 3.03. The Balaban J connectivity index is 2.18. The molecule has 0 fully saturated rings. The van der Waals surface area contributed by atoms with Crippen molar-refractivity contribution in [3.8, 4) is 0 Å². The fraction of sp³-hybridized carbons (Fsp3) is 0.167. The number of aromatic nitrogens is 2. The average molecular weight is 295 g/mol. The zero-order valence-corrected chi connectivity index (χ0v) is 11.5. The van der Waals surface area contributed by atoms with Crippen LogP contribution in [0.25, 0.3) is 0 Å². The molecule has 2 rings (SSSR count). The molecule has 2 heterocycles. The van der Waals surface area contributed by atoms with Gasteiger partial charge >= 0.3 is 5.97 Å². The second kappa shape index (κ2) is 5.43. The van der Waals surface area contributed by atoms with Crippen LogP contribution in [-0.2, 0) is 23.6 Å². The highest BCUT2D eigenvalue weighted by Gasteiger charge is 2.19. The van der Waals surface area contributed by atoms with Gasteiger partial charge in [0.25, 0.3) is 0 Å². The highest BCUT2D eigenvalue weighted by atomic mass is 32.2. The van der Waals surface area contributed by atoms with Crippen molar-refractivity contribution in [1.29, 1.82) is 0 Å². The van der Waals surface area contributed by atoms with E-state index in [-0.39, 0.29) is 17.1 Å². The van der Waals surface area contributed by atoms with Gasteiger partial charge in [-0.1, -0.05) is 6.07 Å². The van der Waals surface area contributed by atoms with E-state index in [1.54, 1.807) is 24.4 Å². The lowest BCUT2D eigenvalue weighted by molar-refractivity contribution is 0.0686. The Morgan fingerprint density at radius 1 is 1.45 bits per heavy atom. The molecule has 0 aliphatic carbocycles. The molecule has 106 valence electrons. The van der Waals surface area contributed by atoms with Gasteiger partial charge in [-0.25, -0.2) is 17.9 Å². The summed E-state index contributed by atoms with van der Waals surface area (Å²) >= 11 is 0. The van der Waals surface area contributed by atoms with Crippen LogP contribution in [0.5, 0.6) is 0 Å². The maximum Gasteiger partial charge on any atom is 0.352 e. The zero-order chi connectivity index (χ0) is 14.8. The Labute approximate surface area is 115 Å². The molecule has 0 aromatic carbocycles. The van der Waals surface area contributed by atoms with Gasteiger partial charge in [0, 0.05) is 19.4 Å². The number of nitrogens with one attached hydrogen (secondary N) is 1. The summed E-state index contributed by atoms with van der Waals surface area (Å²) in [6.07, 6.45) is 2.82. The van der Waals surface area contributed by atoms with Gasteiger partial charge in [0.05, 0.1) is 12.2 Å². The lowest BCUT2D eigenvalue weighted by atomic mass is 10.4. The molecule has 0 aliphatic rings. The Morgan fingerprint density at radius 2 is 2.20 bits per heavy atom. The number of carboxylic acid groups (broad SMARTS) is 1. The van der Waals surface area contributed by atoms with Crippen molar-refractivity contribution in [2.24, 2.45) is 7.05 Å². The van der Waals surface area contributed by atoms with Crippen LogP contribution in [-0.4, -0.2) is 29.0 Å². The van der Waals surface area contributed by atoms with Gasteiger partial charge < -0.3 is 9.67 Å². The molecule has 0 atom stereocenters. The summed E-state index contributed by atoms with van der Waals surface area (Å²) in [4.78, 5) is 14.8. The average Bonchev–Trinajstić information content (AvgIpc) is 2.81. The molecule has 7 nitrogen and oxygen atoms in total. The monoisotopic (exact) mass is 295 g/mol. The van der Waals surface area contributed by atoms with Gasteiger partial charge in [0.2, 0.25) is 10.0 Å². The third-order valence-electron chi connectivity index (χ3n) is 2.68. The van der Waals surface area contributed by atoms with Crippen molar-refractivity contribution >= 4 is 16.0 Å². The second-order valence-electron chi connectivity index (χ2n) is 4.12. The molecule has 2 aromatic rings. The molecule has 2 aromatic heterocycles. The number of carbonyl (C=O) groups is 1. The van der Waals surface area contributed by atoms with Crippen molar-refractivity contribution in [2.75, 3.05) is 0 Å². The van der Waals surface area contributed by atoms with Gasteiger partial charge in [-0.3, -0.25) is 4.98 Å². The molecule has 0 bridgehead atoms. The maximum atomic E-state index is 12.0. The number of nitrogens with zero attached hydrogens (tertiary/aromatic N) is 2. The minimum Gasteiger partial charge on any atom is -0.477 e. The van der Waals surface area contributed by atoms with Crippen LogP contribution < -0.4 is 4.72 Å². The molecule has 0 unspecified atom stereocenters. The Bertz CT molecular complexity index is 722. The topological polar surface area (TPSA) is 101 Å². The summed E-state index contributed by atoms with van der Waals surface area (Å²) < 4.78 is 27.7. The number of aryl methyl sites for hydroxylation is 1. The minimum absolute atomic E-state index is 0.0421. The first-order valence-electron chi connectivity index (χ1n) is 5.69. The molecule has 0 aliphatic heterocycles. The number of rotatable bonds is 5. The fourth-order valence-corrected chi connectivity index (χ4v) is 2.72. The standard InChI is InChI=1S/C12H13N3O4S/c1-15-8-10(6-11(15)12(16)17)20(18,19)14-7-9-4-2-3-5-13-9/h2-6,8,14H,7H2,1H3,(H,16,17). The Morgan fingerprint density at radius 3 is 2.75 bits per heavy atom. The number of carboxylic acids is 1. The molecule has 0 spiro atoms. The number of hydrogen-bond acceptors (Lipinski definition) is 4. The molecule has 0 radical (unpaired) electrons. The summed E-state index contributed by atoms with van der Waals surface area (Å²) in [6.45, 7) is 0.0421. The van der Waals surface area contributed by atoms with Crippen LogP contribution in [0.1, 0.15) is 16.2 Å². The first-order chi connectivity index (χ1) is 9.40. The number of hydrogen-bond donors (Lipinski definition) is 2. The van der Waals surface area contributed by atoms with Gasteiger partial charge in [0.1, 0.15) is 10.6 Å². The van der Waals surface area contributed by atoms with E-state index in [2.05, 4.69) is 9.71 Å². The van der Waals surface area contributed by atoms with Gasteiger partial charge in [-0.15, -0.1) is 0 Å². The largest absolute Gasteiger partial charge is 0.477 e. The first kappa shape index (κ1) is 14.2. The predicted molar refractivity (Wildman–Crippen MR) is 70.6 cm³/mol. The number of pyridine rings is 1. The summed E-state index contributed by atoms with van der Waals surface area (Å²) in [7, 11) is -2.29. The zero-order valence-electron chi connectivity index (χ0n) is 10.6. The van der Waals surface area contributed by atoms with E-state index in [4.69, 9.17) is 5.11 Å². The van der Waals surface area contributed by atoms with E-state index < -0.39 is 16.0 Å². The fourth-order valence-electron chi connectivity index (χ4n) is 1.65. The normalized spacial score (nSPS) is 11.4. The van der Waals surface area contributed by atoms with E-state index in [0.717, 1.165) is 6.07 Å². The van der Waals surface area contributed by atoms with Crippen LogP contribution in [0.4, 0.5) is 0 Å². The van der Waals surface area contributed by atoms with Crippen molar-refractivity contribution in [3.63, 3.8) is 0 Å². The van der Waals surface area contributed by atoms with Crippen LogP contribution in [0.2, 0.25) is 0 Å². The number of sulfonamides is 1. The molecule has 0 amide bonds. The van der Waals surface area contributed by atoms with E-state index in [1.165, 1.54) is 17.8 Å². The van der Waals surface area contributed by atoms with Gasteiger partial charge in [0.15, 0.2) is 0 Å². The SMILES string of the molecule is Cn1cc(S(=O)(=O)NCc2ccccn2)cc1C(=O)O. The highest BCUT2D eigenvalue weighted by molar-refractivity contribution is 7.89. The maximum absolute atomic E-state index is 12.0. The summed E-state index contributed by atoms with van der Waals surface area (Å²) in [5.41, 5.74) is 0.480. The van der Waals surface area contributed by atoms with Crippen LogP contribution in [0.3, 0.4) is 0 Å². The van der Waals surface area contributed by atoms with Crippen molar-refractivity contribution < 1.29 is 18.3 Å². The van der Waals surface area contributed by atoms with Crippen molar-refractivity contribution in [1.82, 2.24) is 14.3 Å². The summed E-state index contributed by atoms with van der Waals surface area (Å²) in [5, 5.41) is 8.91. The van der Waals surface area contributed by atoms with E-state index in [1.807, 2.05) is 0 Å². The quantitative estimate of drug-likeness (QED) is 0.841. The molecule has 8 heteroatoms. The van der Waals surface area contributed by atoms with E-state index in [0.29, 0.717) is 5.69 Å². The molecular formula is C12H13N3O4S. The highest BCUT2D eigenvalue weighted by Crippen LogP contribution is 2.13. The lowest BCUT2D eigenvalue weighted by Crippen LogP contribution is -2.23. The minimum atomic E-state index is -3.77. The van der Waals surface area contributed by atoms with Crippen LogP contribution in [0, 0.1) is 0 Å². The second-order valence-corrected chi connectivity index (χ2v) is 5.89. The molecule has 0 saturated carbocycles. The summed E-state index contributed by atoms with van der Waals surface area (Å²) in [6, 6.07) is 6.29. The van der Waals surface area contributed by atoms with Crippen molar-refractivity contribution in [2.45, 2.75) is 11.4 Å². The smallest absolute Gasteiger partial charge is 0.352 e. The Kier molecular flexibility index (Phi) is 3.86. The van der Waals surface area contributed by atoms with Gasteiger partial charge in [-0.05, 0) is 18.2 Å². The van der Waals surface area contributed by atoms with Crippen LogP contribution >= 0.6 is 0 Å². The summed E-state index contributed by atoms with van der Waals surface area (Å²) in [5.74, 6) is -1.18. The molecular weight excluding hydrogens is 282 g/mol. The molecule has 0 saturated heterocycles. The van der Waals surface area contributed by atoms with E-state index >= 15 is 0 Å². The Hall–Kier alpha value is -2.19. The first-order valence-corrected chi connectivity index (χ1v) is 7.18. The molecule has 2 N–H and O–H groups in total. The lowest BCUT2D eigenvalue weighted by Gasteiger charge is -2.04. The van der Waals surface area contributed by atoms with Crippen LogP contribution in [0.15, 0.2) is 41.6 Å². The van der Waals surface area contributed by atoms with Gasteiger partial charge in [-0.2, -0.15) is 0 Å². The van der Waals surface area contributed by atoms with Crippen molar-refractivity contribution in [3.05, 3.63) is 48.0 Å². The predicted octanol–water partition coefficient (Wildman–Crippen LogP) is 0.597. The number of aromatic carboxylic acids is 1. The molecule has 20 heavy (non-hydrogen) atoms. The van der Waals surface area contributed by atoms with E-state index in [9.17, 15) is 13.2 Å². The third-order valence-corrected chi connectivity index (χ3v) is 4.05.